The molecule has 65 heavy (non-hydrogen) atoms. The number of rotatable bonds is 13. The van der Waals surface area contributed by atoms with E-state index in [1.807, 2.05) is 65.1 Å². The van der Waals surface area contributed by atoms with Gasteiger partial charge in [0.05, 0.1) is 24.9 Å². The Morgan fingerprint density at radius 2 is 1.83 bits per heavy atom. The maximum absolute atomic E-state index is 14.9. The Labute approximate surface area is 385 Å². The summed E-state index contributed by atoms with van der Waals surface area (Å²) in [5.41, 5.74) is 0.239. The molecule has 4 aliphatic rings. The van der Waals surface area contributed by atoms with Gasteiger partial charge >= 0.3 is 12.0 Å². The highest BCUT2D eigenvalue weighted by Crippen LogP contribution is 2.45. The van der Waals surface area contributed by atoms with Crippen LogP contribution in [0.25, 0.3) is 22.3 Å². The first-order valence-electron chi connectivity index (χ1n) is 22.6. The number of nitrogens with zero attached hydrogens (tertiary/aromatic N) is 5. The van der Waals surface area contributed by atoms with Crippen molar-refractivity contribution in [2.45, 2.75) is 128 Å². The molecule has 1 aliphatic carbocycles. The van der Waals surface area contributed by atoms with Crippen LogP contribution in [0.4, 0.5) is 9.93 Å². The standard InChI is InChI=1S/C45H63N9O9S2/c1-26(2)36(24-52-17-18-54(28(5)6)65(52,60)61)49-43(59)48-33-14-12-10-8-9-11-13-29-22-45(29,42(57)58)51-40(55)38-20-31(23-53(38)41(33)56)63-39-21-35(37-25-64-44(50-37)46-27(3)4)47-34-19-30(62-7)15-16-32(34)39/h11,13,15-16,19,21,25-29,31,33,36,38H,8-10,12,14,17-18,20,22-24H2,1-7H3,(H,46,50)(H,51,55)(H,57,58)(H2,48,49,59)/b13-11-/t29?,31-,33+,36-,38+,45-/m1/s1. The molecule has 4 amide bonds. The van der Waals surface area contributed by atoms with Crippen LogP contribution in [-0.4, -0.2) is 136 Å². The van der Waals surface area contributed by atoms with E-state index in [0.29, 0.717) is 59.7 Å². The van der Waals surface area contributed by atoms with Gasteiger partial charge in [-0.05, 0) is 71.4 Å². The van der Waals surface area contributed by atoms with Gasteiger partial charge in [-0.15, -0.1) is 11.3 Å². The monoisotopic (exact) mass is 937 g/mol. The summed E-state index contributed by atoms with van der Waals surface area (Å²) in [4.78, 5) is 67.0. The van der Waals surface area contributed by atoms with Crippen LogP contribution >= 0.6 is 11.3 Å². The Kier molecular flexibility index (Phi) is 14.6. The van der Waals surface area contributed by atoms with Crippen LogP contribution in [0, 0.1) is 11.8 Å². The molecule has 20 heteroatoms. The highest BCUT2D eigenvalue weighted by molar-refractivity contribution is 7.87. The maximum Gasteiger partial charge on any atom is 0.330 e. The second-order valence-corrected chi connectivity index (χ2v) is 21.2. The summed E-state index contributed by atoms with van der Waals surface area (Å²) in [6.07, 6.45) is 6.40. The highest BCUT2D eigenvalue weighted by Gasteiger charge is 2.61. The number of aliphatic carboxylic acids is 1. The quantitative estimate of drug-likeness (QED) is 0.143. The van der Waals surface area contributed by atoms with Crippen molar-refractivity contribution in [3.8, 4) is 22.9 Å². The van der Waals surface area contributed by atoms with Crippen molar-refractivity contribution in [3.05, 3.63) is 41.8 Å². The fourth-order valence-electron chi connectivity index (χ4n) is 8.87. The molecule has 0 radical (unpaired) electrons. The fourth-order valence-corrected chi connectivity index (χ4v) is 11.5. The Morgan fingerprint density at radius 3 is 2.52 bits per heavy atom. The number of ether oxygens (including phenoxy) is 2. The molecule has 7 rings (SSSR count). The van der Waals surface area contributed by atoms with E-state index in [9.17, 15) is 32.7 Å². The number of urea groups is 1. The van der Waals surface area contributed by atoms with E-state index in [-0.39, 0.29) is 50.4 Å². The van der Waals surface area contributed by atoms with E-state index >= 15 is 0 Å². The molecule has 5 N–H and O–H groups in total. The summed E-state index contributed by atoms with van der Waals surface area (Å²) in [6, 6.07) is 3.75. The number of allylic oxidation sites excluding steroid dienone is 1. The number of aromatic nitrogens is 2. The zero-order chi connectivity index (χ0) is 46.8. The van der Waals surface area contributed by atoms with Crippen molar-refractivity contribution >= 4 is 61.4 Å². The van der Waals surface area contributed by atoms with Crippen molar-refractivity contribution in [2.75, 3.05) is 38.6 Å². The molecule has 0 spiro atoms. The van der Waals surface area contributed by atoms with Crippen molar-refractivity contribution < 1.29 is 42.2 Å². The second-order valence-electron chi connectivity index (χ2n) is 18.4. The summed E-state index contributed by atoms with van der Waals surface area (Å²) in [5, 5.41) is 25.7. The molecule has 3 aliphatic heterocycles. The Hall–Kier alpha value is -5.05. The SMILES string of the molecule is COc1ccc2c(O[C@@H]3C[C@H]4C(=O)N[C@]5(C(=O)O)CC5/C=C\CCCCC[C@H](NC(=O)N[C@H](CN5CCN(C(C)C)S5(=O)=O)C(C)C)C(=O)N4C3)cc(-c3csc(NC(C)C)n3)nc2c1. The fraction of sp³-hybridized carbons (Fsp3) is 0.600. The Balaban J connectivity index is 1.17. The number of fused-ring (bicyclic) bond motifs is 3. The van der Waals surface area contributed by atoms with Crippen molar-refractivity contribution in [1.29, 1.82) is 0 Å². The second kappa shape index (κ2) is 19.8. The number of thiazole rings is 1. The minimum Gasteiger partial charge on any atom is -0.497 e. The number of amides is 4. The van der Waals surface area contributed by atoms with E-state index in [4.69, 9.17) is 19.4 Å². The molecule has 1 aromatic carbocycles. The van der Waals surface area contributed by atoms with E-state index in [0.717, 1.165) is 18.0 Å². The average Bonchev–Trinajstić information content (AvgIpc) is 3.50. The number of hydrogen-bond acceptors (Lipinski definition) is 12. The smallest absolute Gasteiger partial charge is 0.330 e. The molecule has 1 saturated carbocycles. The van der Waals surface area contributed by atoms with Crippen LogP contribution in [0.15, 0.2) is 41.8 Å². The normalized spacial score (nSPS) is 26.2. The van der Waals surface area contributed by atoms with Gasteiger partial charge in [-0.25, -0.2) is 19.6 Å². The first kappa shape index (κ1) is 47.9. The number of carbonyl (C=O) groups is 4. The van der Waals surface area contributed by atoms with Gasteiger partial charge < -0.3 is 40.7 Å². The number of nitrogens with one attached hydrogen (secondary N) is 4. The topological polar surface area (TPSA) is 225 Å². The van der Waals surface area contributed by atoms with Crippen molar-refractivity contribution in [1.82, 2.24) is 39.4 Å². The van der Waals surface area contributed by atoms with Gasteiger partial charge in [0.2, 0.25) is 11.8 Å². The zero-order valence-corrected chi connectivity index (χ0v) is 39.8. The molecule has 354 valence electrons. The van der Waals surface area contributed by atoms with Gasteiger partial charge in [0.25, 0.3) is 10.2 Å². The molecule has 5 heterocycles. The van der Waals surface area contributed by atoms with E-state index in [1.165, 1.54) is 24.8 Å². The van der Waals surface area contributed by atoms with Gasteiger partial charge in [0.15, 0.2) is 5.13 Å². The van der Waals surface area contributed by atoms with Gasteiger partial charge in [0.1, 0.15) is 40.9 Å². The number of carboxylic acids is 1. The van der Waals surface area contributed by atoms with Crippen LogP contribution in [0.3, 0.4) is 0 Å². The molecular formula is C45H63N9O9S2. The van der Waals surface area contributed by atoms with Gasteiger partial charge in [-0.2, -0.15) is 17.0 Å². The molecule has 18 nitrogen and oxygen atoms in total. The molecule has 2 aromatic heterocycles. The molecule has 3 fully saturated rings. The van der Waals surface area contributed by atoms with Crippen LogP contribution in [0.1, 0.15) is 86.5 Å². The number of anilines is 1. The third kappa shape index (κ3) is 10.7. The first-order chi connectivity index (χ1) is 30.9. The Morgan fingerprint density at radius 1 is 1.05 bits per heavy atom. The lowest BCUT2D eigenvalue weighted by Gasteiger charge is -2.31. The largest absolute Gasteiger partial charge is 0.497 e. The number of carboxylic acid groups (broad SMARTS) is 1. The van der Waals surface area contributed by atoms with Gasteiger partial charge in [0, 0.05) is 73.0 Å². The van der Waals surface area contributed by atoms with Crippen LogP contribution in [-0.2, 0) is 24.6 Å². The summed E-state index contributed by atoms with van der Waals surface area (Å²) in [7, 11) is -2.15. The minimum atomic E-state index is -3.72. The molecular weight excluding hydrogens is 875 g/mol. The third-order valence-electron chi connectivity index (χ3n) is 12.7. The molecule has 3 aromatic rings. The average molecular weight is 938 g/mol. The lowest BCUT2D eigenvalue weighted by molar-refractivity contribution is -0.145. The van der Waals surface area contributed by atoms with Crippen LogP contribution < -0.4 is 30.7 Å². The summed E-state index contributed by atoms with van der Waals surface area (Å²) in [6.45, 7) is 12.1. The summed E-state index contributed by atoms with van der Waals surface area (Å²) < 4.78 is 41.8. The van der Waals surface area contributed by atoms with Crippen molar-refractivity contribution in [3.63, 3.8) is 0 Å². The lowest BCUT2D eigenvalue weighted by atomic mass is 10.0. The predicted octanol–water partition coefficient (Wildman–Crippen LogP) is 4.98. The molecule has 6 atom stereocenters. The van der Waals surface area contributed by atoms with Crippen LogP contribution in [0.5, 0.6) is 11.5 Å². The summed E-state index contributed by atoms with van der Waals surface area (Å²) >= 11 is 1.45. The molecule has 2 saturated heterocycles. The zero-order valence-electron chi connectivity index (χ0n) is 38.2. The molecule has 0 bridgehead atoms. The number of pyridine rings is 1. The maximum atomic E-state index is 14.9. The van der Waals surface area contributed by atoms with Gasteiger partial charge in [-0.3, -0.25) is 9.59 Å². The van der Waals surface area contributed by atoms with E-state index in [1.54, 1.807) is 25.3 Å². The van der Waals surface area contributed by atoms with Crippen molar-refractivity contribution in [2.24, 2.45) is 11.8 Å². The molecule has 1 unspecified atom stereocenters. The lowest BCUT2D eigenvalue weighted by Crippen LogP contribution is -2.58. The number of carbonyl (C=O) groups excluding carboxylic acids is 3. The predicted molar refractivity (Wildman–Crippen MR) is 248 cm³/mol. The number of hydrogen-bond donors (Lipinski definition) is 5. The van der Waals surface area contributed by atoms with Crippen LogP contribution in [0.2, 0.25) is 0 Å². The summed E-state index contributed by atoms with van der Waals surface area (Å²) in [5.74, 6) is -1.81. The minimum absolute atomic E-state index is 0.0360. The van der Waals surface area contributed by atoms with E-state index < -0.39 is 69.7 Å². The van der Waals surface area contributed by atoms with Gasteiger partial charge in [-0.1, -0.05) is 38.8 Å². The Bertz CT molecular complexity index is 2390. The van der Waals surface area contributed by atoms with E-state index in [2.05, 4.69) is 21.3 Å². The third-order valence-corrected chi connectivity index (χ3v) is 15.6. The highest BCUT2D eigenvalue weighted by atomic mass is 32.2. The first-order valence-corrected chi connectivity index (χ1v) is 24.9. The number of benzene rings is 1. The number of methoxy groups -OCH3 is 1.